The molecule has 0 aliphatic heterocycles. The van der Waals surface area contributed by atoms with Crippen molar-refractivity contribution in [1.29, 1.82) is 0 Å². The summed E-state index contributed by atoms with van der Waals surface area (Å²) in [6, 6.07) is 0. The van der Waals surface area contributed by atoms with Crippen molar-refractivity contribution in [3.63, 3.8) is 0 Å². The Balaban J connectivity index is 3.70. The van der Waals surface area contributed by atoms with Crippen LogP contribution in [0.15, 0.2) is 25.7 Å². The van der Waals surface area contributed by atoms with Crippen LogP contribution in [-0.2, 0) is 28.1 Å². The zero-order valence-corrected chi connectivity index (χ0v) is 11.3. The highest BCUT2D eigenvalue weighted by Crippen LogP contribution is 2.24. The number of rotatable bonds is 13. The maximum atomic E-state index is 11.2. The van der Waals surface area contributed by atoms with E-state index in [9.17, 15) is 4.57 Å². The number of nitrogens with one attached hydrogen (secondary N) is 1. The SMILES string of the molecule is C=COCC(CO[P+](=O)OOCCNC)OC=C. The van der Waals surface area contributed by atoms with E-state index in [0.717, 1.165) is 0 Å². The lowest BCUT2D eigenvalue weighted by Gasteiger charge is -2.12. The molecule has 0 spiro atoms. The van der Waals surface area contributed by atoms with Crippen molar-refractivity contribution in [2.75, 3.05) is 33.4 Å². The monoisotopic (exact) mass is 280 g/mol. The Labute approximate surface area is 108 Å². The van der Waals surface area contributed by atoms with Crippen LogP contribution >= 0.6 is 8.25 Å². The molecule has 8 heteroatoms. The molecule has 7 nitrogen and oxygen atoms in total. The molecule has 0 saturated carbocycles. The van der Waals surface area contributed by atoms with E-state index in [4.69, 9.17) is 14.0 Å². The Morgan fingerprint density at radius 1 is 1.33 bits per heavy atom. The molecule has 0 aromatic heterocycles. The standard InChI is InChI=1S/C10H19NO6P/c1-4-13-8-10(14-5-2)9-16-18(12)17-15-7-6-11-3/h4-5,10-11H,1-2,6-9H2,3H3/q+1. The smallest absolute Gasteiger partial charge is 0.498 e. The molecule has 0 heterocycles. The maximum absolute atomic E-state index is 11.2. The molecule has 0 aliphatic carbocycles. The minimum Gasteiger partial charge on any atom is -0.498 e. The van der Waals surface area contributed by atoms with Gasteiger partial charge in [-0.2, -0.15) is 4.89 Å². The molecule has 2 atom stereocenters. The molecule has 1 N–H and O–H groups in total. The molecule has 18 heavy (non-hydrogen) atoms. The van der Waals surface area contributed by atoms with Gasteiger partial charge in [0.05, 0.1) is 23.8 Å². The molecule has 0 amide bonds. The minimum atomic E-state index is -2.35. The van der Waals surface area contributed by atoms with Crippen molar-refractivity contribution in [2.45, 2.75) is 6.10 Å². The summed E-state index contributed by atoms with van der Waals surface area (Å²) in [7, 11) is -0.590. The second-order valence-electron chi connectivity index (χ2n) is 2.94. The van der Waals surface area contributed by atoms with E-state index in [-0.39, 0.29) is 19.8 Å². The van der Waals surface area contributed by atoms with Gasteiger partial charge in [0.15, 0.2) is 6.10 Å². The lowest BCUT2D eigenvalue weighted by molar-refractivity contribution is -0.208. The van der Waals surface area contributed by atoms with E-state index in [1.54, 1.807) is 7.05 Å². The molecular formula is C10H19NO6P+. The number of hydrogen-bond donors (Lipinski definition) is 1. The van der Waals surface area contributed by atoms with Crippen LogP contribution in [0.1, 0.15) is 0 Å². The highest BCUT2D eigenvalue weighted by Gasteiger charge is 2.25. The first-order valence-electron chi connectivity index (χ1n) is 5.27. The highest BCUT2D eigenvalue weighted by molar-refractivity contribution is 7.33. The van der Waals surface area contributed by atoms with Crippen molar-refractivity contribution >= 4 is 8.25 Å². The van der Waals surface area contributed by atoms with Crippen LogP contribution in [0, 0.1) is 0 Å². The summed E-state index contributed by atoms with van der Waals surface area (Å²) in [6.07, 6.45) is 2.08. The Hall–Kier alpha value is -0.980. The van der Waals surface area contributed by atoms with E-state index in [1.807, 2.05) is 0 Å². The van der Waals surface area contributed by atoms with Gasteiger partial charge in [-0.1, -0.05) is 13.2 Å². The third-order valence-corrected chi connectivity index (χ3v) is 2.19. The van der Waals surface area contributed by atoms with Gasteiger partial charge >= 0.3 is 8.25 Å². The molecule has 0 saturated heterocycles. The van der Waals surface area contributed by atoms with E-state index in [0.29, 0.717) is 6.54 Å². The van der Waals surface area contributed by atoms with Crippen molar-refractivity contribution in [3.8, 4) is 0 Å². The van der Waals surface area contributed by atoms with E-state index < -0.39 is 14.4 Å². The van der Waals surface area contributed by atoms with E-state index in [2.05, 4.69) is 28.0 Å². The van der Waals surface area contributed by atoms with Gasteiger partial charge < -0.3 is 14.8 Å². The highest BCUT2D eigenvalue weighted by atomic mass is 31.1. The molecular weight excluding hydrogens is 261 g/mol. The summed E-state index contributed by atoms with van der Waals surface area (Å²) >= 11 is 0. The molecule has 0 aliphatic rings. The zero-order chi connectivity index (χ0) is 13.6. The van der Waals surface area contributed by atoms with Crippen molar-refractivity contribution in [1.82, 2.24) is 5.32 Å². The third kappa shape index (κ3) is 10.2. The summed E-state index contributed by atoms with van der Waals surface area (Å²) in [5, 5.41) is 2.83. The third-order valence-electron chi connectivity index (χ3n) is 1.60. The van der Waals surface area contributed by atoms with Crippen molar-refractivity contribution in [3.05, 3.63) is 25.7 Å². The molecule has 0 bridgehead atoms. The van der Waals surface area contributed by atoms with Gasteiger partial charge in [-0.05, 0) is 7.05 Å². The average molecular weight is 280 g/mol. The summed E-state index contributed by atoms with van der Waals surface area (Å²) in [6.45, 7) is 7.88. The van der Waals surface area contributed by atoms with E-state index >= 15 is 0 Å². The van der Waals surface area contributed by atoms with Crippen molar-refractivity contribution in [2.24, 2.45) is 0 Å². The summed E-state index contributed by atoms with van der Waals surface area (Å²) in [5.74, 6) is 0. The van der Waals surface area contributed by atoms with Crippen LogP contribution in [0.4, 0.5) is 0 Å². The van der Waals surface area contributed by atoms with Crippen LogP contribution in [0.25, 0.3) is 0 Å². The fraction of sp³-hybridized carbons (Fsp3) is 0.600. The van der Waals surface area contributed by atoms with Crippen LogP contribution in [0.2, 0.25) is 0 Å². The van der Waals surface area contributed by atoms with Crippen LogP contribution in [0.3, 0.4) is 0 Å². The van der Waals surface area contributed by atoms with Gasteiger partial charge in [-0.3, -0.25) is 0 Å². The number of ether oxygens (including phenoxy) is 2. The summed E-state index contributed by atoms with van der Waals surface area (Å²) in [4.78, 5) is 4.63. The van der Waals surface area contributed by atoms with Gasteiger partial charge in [0.1, 0.15) is 13.2 Å². The van der Waals surface area contributed by atoms with Crippen LogP contribution in [0.5, 0.6) is 0 Å². The summed E-state index contributed by atoms with van der Waals surface area (Å²) in [5.41, 5.74) is 0. The second-order valence-corrected chi connectivity index (χ2v) is 3.80. The first kappa shape index (κ1) is 17.0. The first-order chi connectivity index (χ1) is 8.74. The Morgan fingerprint density at radius 3 is 2.72 bits per heavy atom. The van der Waals surface area contributed by atoms with Gasteiger partial charge in [0.25, 0.3) is 0 Å². The normalized spacial score (nSPS) is 12.6. The average Bonchev–Trinajstić information content (AvgIpc) is 2.38. The zero-order valence-electron chi connectivity index (χ0n) is 10.4. The van der Waals surface area contributed by atoms with Crippen molar-refractivity contribution < 1.29 is 28.1 Å². The quantitative estimate of drug-likeness (QED) is 0.180. The second kappa shape index (κ2) is 12.5. The predicted octanol–water partition coefficient (Wildman–Crippen LogP) is 1.52. The Kier molecular flexibility index (Phi) is 11.8. The molecule has 0 aromatic rings. The fourth-order valence-electron chi connectivity index (χ4n) is 0.828. The minimum absolute atomic E-state index is 0.0183. The largest absolute Gasteiger partial charge is 0.728 e. The lowest BCUT2D eigenvalue weighted by Crippen LogP contribution is -2.21. The fourth-order valence-corrected chi connectivity index (χ4v) is 1.32. The molecule has 2 unspecified atom stereocenters. The number of likely N-dealkylation sites (N-methyl/N-ethyl adjacent to an activating group) is 1. The van der Waals surface area contributed by atoms with Gasteiger partial charge in [-0.25, -0.2) is 0 Å². The molecule has 0 aromatic carbocycles. The molecule has 0 fully saturated rings. The first-order valence-corrected chi connectivity index (χ1v) is 6.37. The Bertz CT molecular complexity index is 251. The van der Waals surface area contributed by atoms with E-state index in [1.165, 1.54) is 12.5 Å². The number of hydrogen-bond acceptors (Lipinski definition) is 7. The predicted molar refractivity (Wildman–Crippen MR) is 65.7 cm³/mol. The van der Waals surface area contributed by atoms with Gasteiger partial charge in [-0.15, -0.1) is 4.52 Å². The summed E-state index contributed by atoms with van der Waals surface area (Å²) < 4.78 is 30.6. The Morgan fingerprint density at radius 2 is 2.11 bits per heavy atom. The molecule has 0 rings (SSSR count). The molecule has 104 valence electrons. The van der Waals surface area contributed by atoms with Gasteiger partial charge in [0, 0.05) is 11.1 Å². The topological polar surface area (TPSA) is 75.3 Å². The maximum Gasteiger partial charge on any atom is 0.728 e. The van der Waals surface area contributed by atoms with Crippen LogP contribution in [-0.4, -0.2) is 39.5 Å². The lowest BCUT2D eigenvalue weighted by atomic mass is 10.4. The molecule has 0 radical (unpaired) electrons. The van der Waals surface area contributed by atoms with Gasteiger partial charge in [0.2, 0.25) is 0 Å². The van der Waals surface area contributed by atoms with Crippen LogP contribution < -0.4 is 5.32 Å².